The summed E-state index contributed by atoms with van der Waals surface area (Å²) in [6.07, 6.45) is 1.47. The van der Waals surface area contributed by atoms with Gasteiger partial charge in [0.15, 0.2) is 5.75 Å². The molecule has 0 atom stereocenters. The molecular formula is C16H17ClN2O4. The van der Waals surface area contributed by atoms with Crippen molar-refractivity contribution in [3.8, 4) is 5.75 Å². The molecule has 7 heteroatoms. The van der Waals surface area contributed by atoms with Gasteiger partial charge in [0.2, 0.25) is 5.56 Å². The van der Waals surface area contributed by atoms with Crippen LogP contribution in [0.5, 0.6) is 5.75 Å². The fourth-order valence-corrected chi connectivity index (χ4v) is 2.13. The zero-order chi connectivity index (χ0) is 16.8. The van der Waals surface area contributed by atoms with Gasteiger partial charge in [-0.2, -0.15) is 0 Å². The molecule has 0 saturated heterocycles. The molecular weight excluding hydrogens is 320 g/mol. The molecule has 23 heavy (non-hydrogen) atoms. The number of anilines is 1. The van der Waals surface area contributed by atoms with Gasteiger partial charge in [-0.1, -0.05) is 17.7 Å². The first-order valence-corrected chi connectivity index (χ1v) is 7.29. The molecule has 1 aromatic carbocycles. The monoisotopic (exact) mass is 336 g/mol. The molecule has 2 aromatic rings. The third-order valence-corrected chi connectivity index (χ3v) is 3.39. The van der Waals surface area contributed by atoms with E-state index in [1.54, 1.807) is 32.4 Å². The second-order valence-corrected chi connectivity index (χ2v) is 5.19. The maximum Gasteiger partial charge on any atom is 0.257 e. The van der Waals surface area contributed by atoms with E-state index in [9.17, 15) is 9.59 Å². The van der Waals surface area contributed by atoms with E-state index >= 15 is 0 Å². The summed E-state index contributed by atoms with van der Waals surface area (Å²) in [4.78, 5) is 23.7. The number of para-hydroxylation sites is 1. The van der Waals surface area contributed by atoms with Crippen LogP contribution in [0.25, 0.3) is 0 Å². The number of pyridine rings is 1. The van der Waals surface area contributed by atoms with Crippen LogP contribution in [0.2, 0.25) is 5.02 Å². The van der Waals surface area contributed by atoms with E-state index in [0.717, 1.165) is 0 Å². The summed E-state index contributed by atoms with van der Waals surface area (Å²) in [6, 6.07) is 7.87. The number of hydrogen-bond acceptors (Lipinski definition) is 4. The van der Waals surface area contributed by atoms with Crippen LogP contribution in [-0.2, 0) is 11.8 Å². The van der Waals surface area contributed by atoms with Crippen LogP contribution in [0.15, 0.2) is 41.3 Å². The summed E-state index contributed by atoms with van der Waals surface area (Å²) in [5, 5.41) is 3.12. The molecule has 0 spiro atoms. The van der Waals surface area contributed by atoms with Crippen molar-refractivity contribution in [1.82, 2.24) is 4.57 Å². The molecule has 0 unspecified atom stereocenters. The maximum absolute atomic E-state index is 12.3. The van der Waals surface area contributed by atoms with Crippen molar-refractivity contribution in [2.45, 2.75) is 0 Å². The smallest absolute Gasteiger partial charge is 0.257 e. The topological polar surface area (TPSA) is 69.6 Å². The van der Waals surface area contributed by atoms with Gasteiger partial charge < -0.3 is 19.4 Å². The van der Waals surface area contributed by atoms with Crippen LogP contribution in [0, 0.1) is 0 Å². The Bertz CT molecular complexity index is 758. The summed E-state index contributed by atoms with van der Waals surface area (Å²) >= 11 is 6.12. The van der Waals surface area contributed by atoms with Crippen molar-refractivity contribution in [1.29, 1.82) is 0 Å². The number of aromatic nitrogens is 1. The molecule has 0 saturated carbocycles. The first-order chi connectivity index (χ1) is 11.0. The first kappa shape index (κ1) is 17.1. The quantitative estimate of drug-likeness (QED) is 0.822. The second kappa shape index (κ2) is 7.80. The Hall–Kier alpha value is -2.31. The van der Waals surface area contributed by atoms with Gasteiger partial charge in [0.25, 0.3) is 5.91 Å². The van der Waals surface area contributed by atoms with Gasteiger partial charge in [0.1, 0.15) is 6.61 Å². The van der Waals surface area contributed by atoms with Crippen molar-refractivity contribution in [2.24, 2.45) is 7.05 Å². The second-order valence-electron chi connectivity index (χ2n) is 4.78. The minimum absolute atomic E-state index is 0.187. The third-order valence-electron chi connectivity index (χ3n) is 3.10. The number of ether oxygens (including phenoxy) is 2. The van der Waals surface area contributed by atoms with E-state index in [1.807, 2.05) is 0 Å². The van der Waals surface area contributed by atoms with Crippen molar-refractivity contribution in [3.05, 3.63) is 57.5 Å². The number of hydrogen-bond donors (Lipinski definition) is 1. The zero-order valence-electron chi connectivity index (χ0n) is 12.8. The Morgan fingerprint density at radius 3 is 2.74 bits per heavy atom. The summed E-state index contributed by atoms with van der Waals surface area (Å²) in [5.41, 5.74) is 0.621. The Kier molecular flexibility index (Phi) is 5.78. The SMILES string of the molecule is COCCOc1c(Cl)cccc1NC(=O)c1ccc(=O)n(C)c1. The Labute approximate surface area is 138 Å². The molecule has 0 bridgehead atoms. The molecule has 1 aromatic heterocycles. The summed E-state index contributed by atoms with van der Waals surface area (Å²) in [6.45, 7) is 0.711. The number of nitrogens with zero attached hydrogens (tertiary/aromatic N) is 1. The Morgan fingerprint density at radius 1 is 1.26 bits per heavy atom. The van der Waals surface area contributed by atoms with Crippen LogP contribution in [0.3, 0.4) is 0 Å². The first-order valence-electron chi connectivity index (χ1n) is 6.91. The lowest BCUT2D eigenvalue weighted by Crippen LogP contribution is -2.20. The molecule has 0 aliphatic rings. The van der Waals surface area contributed by atoms with Gasteiger partial charge in [0.05, 0.1) is 22.9 Å². The highest BCUT2D eigenvalue weighted by Gasteiger charge is 2.13. The molecule has 0 aliphatic carbocycles. The number of benzene rings is 1. The highest BCUT2D eigenvalue weighted by atomic mass is 35.5. The maximum atomic E-state index is 12.3. The van der Waals surface area contributed by atoms with Crippen LogP contribution in [-0.4, -0.2) is 30.8 Å². The number of aryl methyl sites for hydroxylation is 1. The molecule has 0 aliphatic heterocycles. The van der Waals surface area contributed by atoms with Gasteiger partial charge >= 0.3 is 0 Å². The summed E-state index contributed by atoms with van der Waals surface area (Å²) in [7, 11) is 3.15. The number of nitrogens with one attached hydrogen (secondary N) is 1. The number of carbonyl (C=O) groups excluding carboxylic acids is 1. The lowest BCUT2D eigenvalue weighted by atomic mass is 10.2. The molecule has 122 valence electrons. The predicted octanol–water partition coefficient (Wildman–Crippen LogP) is 2.32. The molecule has 1 N–H and O–H groups in total. The number of amides is 1. The van der Waals surface area contributed by atoms with Crippen LogP contribution < -0.4 is 15.6 Å². The van der Waals surface area contributed by atoms with E-state index in [1.165, 1.54) is 22.9 Å². The van der Waals surface area contributed by atoms with E-state index in [4.69, 9.17) is 21.1 Å². The predicted molar refractivity (Wildman–Crippen MR) is 88.5 cm³/mol. The number of methoxy groups -OCH3 is 1. The van der Waals surface area contributed by atoms with Crippen LogP contribution >= 0.6 is 11.6 Å². The average Bonchev–Trinajstić information content (AvgIpc) is 2.52. The standard InChI is InChI=1S/C16H17ClN2O4/c1-19-10-11(6-7-14(19)20)16(21)18-13-5-3-4-12(17)15(13)23-9-8-22-2/h3-7,10H,8-9H2,1-2H3,(H,18,21). The van der Waals surface area contributed by atoms with E-state index in [0.29, 0.717) is 35.2 Å². The van der Waals surface area contributed by atoms with Gasteiger partial charge in [-0.15, -0.1) is 0 Å². The third kappa shape index (κ3) is 4.34. The highest BCUT2D eigenvalue weighted by molar-refractivity contribution is 6.32. The fraction of sp³-hybridized carbons (Fsp3) is 0.250. The molecule has 6 nitrogen and oxygen atoms in total. The molecule has 1 heterocycles. The molecule has 2 rings (SSSR count). The summed E-state index contributed by atoms with van der Waals surface area (Å²) in [5.74, 6) is 0.0174. The minimum atomic E-state index is -0.362. The normalized spacial score (nSPS) is 10.4. The van der Waals surface area contributed by atoms with Crippen molar-refractivity contribution >= 4 is 23.2 Å². The highest BCUT2D eigenvalue weighted by Crippen LogP contribution is 2.33. The van der Waals surface area contributed by atoms with Gasteiger partial charge in [-0.3, -0.25) is 9.59 Å². The van der Waals surface area contributed by atoms with Crippen LogP contribution in [0.4, 0.5) is 5.69 Å². The van der Waals surface area contributed by atoms with E-state index in [2.05, 4.69) is 5.32 Å². The zero-order valence-corrected chi connectivity index (χ0v) is 13.6. The fourth-order valence-electron chi connectivity index (χ4n) is 1.90. The van der Waals surface area contributed by atoms with E-state index < -0.39 is 0 Å². The van der Waals surface area contributed by atoms with Gasteiger partial charge in [-0.05, 0) is 18.2 Å². The van der Waals surface area contributed by atoms with Gasteiger partial charge in [-0.25, -0.2) is 0 Å². The minimum Gasteiger partial charge on any atom is -0.487 e. The lowest BCUT2D eigenvalue weighted by molar-refractivity contribution is 0.102. The van der Waals surface area contributed by atoms with E-state index in [-0.39, 0.29) is 11.5 Å². The van der Waals surface area contributed by atoms with Gasteiger partial charge in [0, 0.05) is 26.4 Å². The molecule has 0 fully saturated rings. The number of rotatable bonds is 6. The van der Waals surface area contributed by atoms with Crippen molar-refractivity contribution in [3.63, 3.8) is 0 Å². The Morgan fingerprint density at radius 2 is 2.04 bits per heavy atom. The largest absolute Gasteiger partial charge is 0.487 e. The average molecular weight is 337 g/mol. The lowest BCUT2D eigenvalue weighted by Gasteiger charge is -2.14. The summed E-state index contributed by atoms with van der Waals surface area (Å²) < 4.78 is 11.8. The number of carbonyl (C=O) groups is 1. The Balaban J connectivity index is 2.21. The van der Waals surface area contributed by atoms with Crippen molar-refractivity contribution in [2.75, 3.05) is 25.6 Å². The van der Waals surface area contributed by atoms with Crippen LogP contribution in [0.1, 0.15) is 10.4 Å². The molecule has 1 amide bonds. The molecule has 0 radical (unpaired) electrons. The van der Waals surface area contributed by atoms with Crippen molar-refractivity contribution < 1.29 is 14.3 Å². The number of halogens is 1.